The molecule has 0 aliphatic heterocycles. The molecule has 0 saturated heterocycles. The molecule has 0 aliphatic carbocycles. The number of benzene rings is 2. The zero-order valence-electron chi connectivity index (χ0n) is 12.1. The summed E-state index contributed by atoms with van der Waals surface area (Å²) in [5.74, 6) is -1.05. The second-order valence-electron chi connectivity index (χ2n) is 4.97. The molecular formula is C17H14N4O2. The van der Waals surface area contributed by atoms with Gasteiger partial charge in [-0.1, -0.05) is 24.3 Å². The minimum Gasteiger partial charge on any atom is -0.398 e. The van der Waals surface area contributed by atoms with Crippen LogP contribution in [0, 0.1) is 0 Å². The summed E-state index contributed by atoms with van der Waals surface area (Å²) in [4.78, 5) is 28.1. The maximum atomic E-state index is 12.5. The number of nitrogens with two attached hydrogens (primary N) is 2. The highest BCUT2D eigenvalue weighted by molar-refractivity contribution is 6.14. The van der Waals surface area contributed by atoms with Crippen LogP contribution in [0.3, 0.4) is 0 Å². The smallest absolute Gasteiger partial charge is 0.274 e. The second kappa shape index (κ2) is 5.76. The van der Waals surface area contributed by atoms with E-state index in [0.717, 1.165) is 5.39 Å². The first-order chi connectivity index (χ1) is 11.1. The third-order valence-electron chi connectivity index (χ3n) is 3.50. The highest BCUT2D eigenvalue weighted by atomic mass is 16.2. The number of para-hydroxylation sites is 1. The van der Waals surface area contributed by atoms with Gasteiger partial charge in [-0.25, -0.2) is 0 Å². The molecule has 3 rings (SSSR count). The molecule has 1 heterocycles. The van der Waals surface area contributed by atoms with Gasteiger partial charge in [0, 0.05) is 22.7 Å². The van der Waals surface area contributed by atoms with Crippen molar-refractivity contribution in [1.29, 1.82) is 0 Å². The van der Waals surface area contributed by atoms with Crippen molar-refractivity contribution < 1.29 is 9.59 Å². The first-order valence-corrected chi connectivity index (χ1v) is 6.91. The van der Waals surface area contributed by atoms with E-state index in [4.69, 9.17) is 11.5 Å². The van der Waals surface area contributed by atoms with Crippen molar-refractivity contribution in [2.24, 2.45) is 5.73 Å². The van der Waals surface area contributed by atoms with Crippen molar-refractivity contribution in [2.75, 3.05) is 11.1 Å². The van der Waals surface area contributed by atoms with Crippen LogP contribution in [-0.2, 0) is 0 Å². The highest BCUT2D eigenvalue weighted by Crippen LogP contribution is 2.23. The predicted octanol–water partition coefficient (Wildman–Crippen LogP) is 2.17. The van der Waals surface area contributed by atoms with Crippen LogP contribution < -0.4 is 16.8 Å². The lowest BCUT2D eigenvalue weighted by Crippen LogP contribution is -2.19. The Balaban J connectivity index is 2.03. The largest absolute Gasteiger partial charge is 0.398 e. The molecule has 23 heavy (non-hydrogen) atoms. The molecule has 1 aromatic heterocycles. The van der Waals surface area contributed by atoms with E-state index in [9.17, 15) is 9.59 Å². The number of hydrogen-bond donors (Lipinski definition) is 3. The maximum absolute atomic E-state index is 12.5. The average Bonchev–Trinajstić information content (AvgIpc) is 2.55. The number of rotatable bonds is 3. The van der Waals surface area contributed by atoms with Gasteiger partial charge in [-0.3, -0.25) is 14.6 Å². The van der Waals surface area contributed by atoms with E-state index in [1.165, 1.54) is 6.20 Å². The Morgan fingerprint density at radius 1 is 0.957 bits per heavy atom. The summed E-state index contributed by atoms with van der Waals surface area (Å²) >= 11 is 0. The fourth-order valence-electron chi connectivity index (χ4n) is 2.40. The first-order valence-electron chi connectivity index (χ1n) is 6.91. The molecule has 6 nitrogen and oxygen atoms in total. The van der Waals surface area contributed by atoms with E-state index in [1.54, 1.807) is 48.5 Å². The first kappa shape index (κ1) is 14.5. The number of nitrogens with zero attached hydrogens (tertiary/aromatic N) is 1. The maximum Gasteiger partial charge on any atom is 0.274 e. The molecular weight excluding hydrogens is 292 g/mol. The van der Waals surface area contributed by atoms with E-state index < -0.39 is 11.8 Å². The Labute approximate surface area is 132 Å². The van der Waals surface area contributed by atoms with Crippen molar-refractivity contribution in [1.82, 2.24) is 4.98 Å². The number of anilines is 2. The quantitative estimate of drug-likeness (QED) is 0.644. The fourth-order valence-corrected chi connectivity index (χ4v) is 2.40. The number of aromatic nitrogens is 1. The van der Waals surface area contributed by atoms with Crippen LogP contribution in [0.4, 0.5) is 11.4 Å². The summed E-state index contributed by atoms with van der Waals surface area (Å²) in [5.41, 5.74) is 12.6. The molecule has 0 bridgehead atoms. The molecule has 3 aromatic rings. The molecule has 5 N–H and O–H groups in total. The van der Waals surface area contributed by atoms with Gasteiger partial charge < -0.3 is 16.8 Å². The van der Waals surface area contributed by atoms with Crippen LogP contribution in [0.1, 0.15) is 20.8 Å². The number of nitrogens with one attached hydrogen (secondary N) is 1. The lowest BCUT2D eigenvalue weighted by molar-refractivity contribution is 0.100. The summed E-state index contributed by atoms with van der Waals surface area (Å²) in [7, 11) is 0. The number of amides is 2. The van der Waals surface area contributed by atoms with Gasteiger partial charge in [0.05, 0.1) is 11.3 Å². The van der Waals surface area contributed by atoms with Crippen LogP contribution in [-0.4, -0.2) is 16.8 Å². The molecule has 0 atom stereocenters. The van der Waals surface area contributed by atoms with Crippen LogP contribution in [0.15, 0.2) is 54.7 Å². The lowest BCUT2D eigenvalue weighted by atomic mass is 10.1. The third kappa shape index (κ3) is 2.69. The topological polar surface area (TPSA) is 111 Å². The molecule has 0 fully saturated rings. The molecule has 0 saturated carbocycles. The third-order valence-corrected chi connectivity index (χ3v) is 3.50. The SMILES string of the molecule is NC(=O)c1ccccc1NC(=O)c1nccc2c(N)cccc12. The van der Waals surface area contributed by atoms with Crippen LogP contribution in [0.2, 0.25) is 0 Å². The molecule has 2 amide bonds. The van der Waals surface area contributed by atoms with Crippen LogP contribution in [0.25, 0.3) is 10.8 Å². The summed E-state index contributed by atoms with van der Waals surface area (Å²) in [6.07, 6.45) is 1.52. The Hall–Kier alpha value is -3.41. The van der Waals surface area contributed by atoms with Gasteiger partial charge in [-0.2, -0.15) is 0 Å². The predicted molar refractivity (Wildman–Crippen MR) is 89.1 cm³/mol. The minimum absolute atomic E-state index is 0.231. The standard InChI is InChI=1S/C17H14N4O2/c18-13-6-3-5-11-10(13)8-9-20-15(11)17(23)21-14-7-2-1-4-12(14)16(19)22/h1-9H,18H2,(H2,19,22)(H,21,23). The number of pyridine rings is 1. The lowest BCUT2D eigenvalue weighted by Gasteiger charge is -2.10. The monoisotopic (exact) mass is 306 g/mol. The van der Waals surface area contributed by atoms with Gasteiger partial charge in [0.25, 0.3) is 11.8 Å². The average molecular weight is 306 g/mol. The van der Waals surface area contributed by atoms with Gasteiger partial charge in [-0.05, 0) is 24.3 Å². The van der Waals surface area contributed by atoms with E-state index in [-0.39, 0.29) is 11.3 Å². The zero-order valence-corrected chi connectivity index (χ0v) is 12.1. The van der Waals surface area contributed by atoms with E-state index in [2.05, 4.69) is 10.3 Å². The fraction of sp³-hybridized carbons (Fsp3) is 0. The molecule has 2 aromatic carbocycles. The zero-order chi connectivity index (χ0) is 16.4. The van der Waals surface area contributed by atoms with Gasteiger partial charge in [0.1, 0.15) is 5.69 Å². The molecule has 0 spiro atoms. The van der Waals surface area contributed by atoms with Crippen molar-refractivity contribution in [3.8, 4) is 0 Å². The normalized spacial score (nSPS) is 10.4. The van der Waals surface area contributed by atoms with Gasteiger partial charge in [0.2, 0.25) is 0 Å². The molecule has 0 radical (unpaired) electrons. The Kier molecular flexibility index (Phi) is 3.64. The number of primary amides is 1. The van der Waals surface area contributed by atoms with E-state index >= 15 is 0 Å². The number of fused-ring (bicyclic) bond motifs is 1. The van der Waals surface area contributed by atoms with Gasteiger partial charge >= 0.3 is 0 Å². The Morgan fingerprint density at radius 3 is 2.52 bits per heavy atom. The number of nitrogen functional groups attached to an aromatic ring is 1. The Bertz CT molecular complexity index is 921. The number of hydrogen-bond acceptors (Lipinski definition) is 4. The number of carbonyl (C=O) groups excluding carboxylic acids is 2. The molecule has 0 unspecified atom stereocenters. The molecule has 114 valence electrons. The van der Waals surface area contributed by atoms with Crippen molar-refractivity contribution in [3.63, 3.8) is 0 Å². The van der Waals surface area contributed by atoms with E-state index in [0.29, 0.717) is 16.8 Å². The summed E-state index contributed by atoms with van der Waals surface area (Å²) in [6, 6.07) is 13.6. The van der Waals surface area contributed by atoms with E-state index in [1.807, 2.05) is 0 Å². The minimum atomic E-state index is -0.615. The van der Waals surface area contributed by atoms with Gasteiger partial charge in [-0.15, -0.1) is 0 Å². The van der Waals surface area contributed by atoms with Crippen LogP contribution in [0.5, 0.6) is 0 Å². The second-order valence-corrected chi connectivity index (χ2v) is 4.97. The molecule has 0 aliphatic rings. The van der Waals surface area contributed by atoms with Crippen molar-refractivity contribution in [2.45, 2.75) is 0 Å². The summed E-state index contributed by atoms with van der Waals surface area (Å²) < 4.78 is 0. The summed E-state index contributed by atoms with van der Waals surface area (Å²) in [5, 5.41) is 4.06. The number of carbonyl (C=O) groups is 2. The summed E-state index contributed by atoms with van der Waals surface area (Å²) in [6.45, 7) is 0. The Morgan fingerprint density at radius 2 is 1.74 bits per heavy atom. The highest BCUT2D eigenvalue weighted by Gasteiger charge is 2.15. The van der Waals surface area contributed by atoms with Crippen molar-refractivity contribution >= 4 is 34.0 Å². The van der Waals surface area contributed by atoms with Gasteiger partial charge in [0.15, 0.2) is 0 Å². The van der Waals surface area contributed by atoms with Crippen molar-refractivity contribution in [3.05, 3.63) is 66.0 Å². The molecule has 6 heteroatoms. The van der Waals surface area contributed by atoms with Crippen LogP contribution >= 0.6 is 0 Å².